The molecular formula is C21H20ClFN4OS. The minimum absolute atomic E-state index is 0.0150. The molecule has 2 aromatic carbocycles. The molecule has 5 nitrogen and oxygen atoms in total. The molecule has 150 valence electrons. The molecule has 0 saturated carbocycles. The fraction of sp³-hybridized carbons (Fsp3) is 0.286. The zero-order chi connectivity index (χ0) is 20.5. The van der Waals surface area contributed by atoms with Gasteiger partial charge in [0.15, 0.2) is 10.6 Å². The van der Waals surface area contributed by atoms with Crippen molar-refractivity contribution in [3.63, 3.8) is 0 Å². The first-order valence-electron chi connectivity index (χ1n) is 9.42. The van der Waals surface area contributed by atoms with Crippen molar-refractivity contribution in [3.05, 3.63) is 69.2 Å². The van der Waals surface area contributed by atoms with Crippen LogP contribution in [0.3, 0.4) is 0 Å². The van der Waals surface area contributed by atoms with Gasteiger partial charge in [-0.15, -0.1) is 0 Å². The van der Waals surface area contributed by atoms with Gasteiger partial charge in [0.2, 0.25) is 5.91 Å². The largest absolute Gasteiger partial charge is 0.347 e. The third-order valence-corrected chi connectivity index (χ3v) is 5.95. The molecular weight excluding hydrogens is 411 g/mol. The topological polar surface area (TPSA) is 62.7 Å². The van der Waals surface area contributed by atoms with Gasteiger partial charge < -0.3 is 5.32 Å². The van der Waals surface area contributed by atoms with Crippen molar-refractivity contribution >= 4 is 29.7 Å². The fourth-order valence-electron chi connectivity index (χ4n) is 3.84. The Labute approximate surface area is 177 Å². The van der Waals surface area contributed by atoms with Gasteiger partial charge in [0.25, 0.3) is 0 Å². The molecule has 8 heteroatoms. The van der Waals surface area contributed by atoms with E-state index in [1.165, 1.54) is 6.07 Å². The first-order chi connectivity index (χ1) is 13.9. The Kier molecular flexibility index (Phi) is 5.52. The average molecular weight is 431 g/mol. The second-order valence-electron chi connectivity index (χ2n) is 7.31. The summed E-state index contributed by atoms with van der Waals surface area (Å²) in [4.78, 5) is 12.9. The molecule has 1 aliphatic carbocycles. The lowest BCUT2D eigenvalue weighted by Gasteiger charge is -2.32. The van der Waals surface area contributed by atoms with Crippen molar-refractivity contribution in [1.29, 1.82) is 0 Å². The number of carbonyl (C=O) groups is 1. The number of hydrogen-bond acceptors (Lipinski definition) is 3. The predicted molar refractivity (Wildman–Crippen MR) is 113 cm³/mol. The van der Waals surface area contributed by atoms with Crippen LogP contribution in [0.25, 0.3) is 11.4 Å². The van der Waals surface area contributed by atoms with E-state index in [0.29, 0.717) is 27.6 Å². The second-order valence-corrected chi connectivity index (χ2v) is 8.14. The van der Waals surface area contributed by atoms with Crippen molar-refractivity contribution < 1.29 is 9.18 Å². The van der Waals surface area contributed by atoms with Gasteiger partial charge in [-0.2, -0.15) is 5.10 Å². The number of halogens is 2. The molecule has 0 radical (unpaired) electrons. The van der Waals surface area contributed by atoms with E-state index in [2.05, 4.69) is 22.4 Å². The minimum Gasteiger partial charge on any atom is -0.347 e. The Balaban J connectivity index is 1.57. The van der Waals surface area contributed by atoms with Crippen LogP contribution in [0.4, 0.5) is 4.39 Å². The van der Waals surface area contributed by atoms with Crippen LogP contribution in [0.1, 0.15) is 30.5 Å². The molecule has 1 aliphatic rings. The van der Waals surface area contributed by atoms with Crippen LogP contribution in [-0.4, -0.2) is 20.7 Å². The van der Waals surface area contributed by atoms with E-state index in [1.54, 1.807) is 22.8 Å². The molecule has 0 aliphatic heterocycles. The van der Waals surface area contributed by atoms with Crippen molar-refractivity contribution in [2.24, 2.45) is 5.92 Å². The van der Waals surface area contributed by atoms with Crippen LogP contribution >= 0.6 is 23.8 Å². The summed E-state index contributed by atoms with van der Waals surface area (Å²) >= 11 is 11.3. The summed E-state index contributed by atoms with van der Waals surface area (Å²) in [6.07, 6.45) is 1.50. The smallest absolute Gasteiger partial charge is 0.240 e. The minimum atomic E-state index is -0.234. The van der Waals surface area contributed by atoms with E-state index in [4.69, 9.17) is 23.8 Å². The summed E-state index contributed by atoms with van der Waals surface area (Å²) in [7, 11) is 0. The van der Waals surface area contributed by atoms with Crippen LogP contribution < -0.4 is 5.32 Å². The number of aromatic amines is 1. The van der Waals surface area contributed by atoms with Gasteiger partial charge in [0.05, 0.1) is 6.04 Å². The van der Waals surface area contributed by atoms with Gasteiger partial charge in [-0.25, -0.2) is 4.39 Å². The van der Waals surface area contributed by atoms with Gasteiger partial charge in [0, 0.05) is 10.6 Å². The second kappa shape index (κ2) is 8.08. The number of rotatable bonds is 4. The van der Waals surface area contributed by atoms with Crippen LogP contribution in [0.2, 0.25) is 5.02 Å². The zero-order valence-corrected chi connectivity index (χ0v) is 17.4. The number of nitrogens with zero attached hydrogens (tertiary/aromatic N) is 2. The van der Waals surface area contributed by atoms with Crippen LogP contribution in [0.5, 0.6) is 0 Å². The zero-order valence-electron chi connectivity index (χ0n) is 15.8. The maximum atomic E-state index is 14.2. The molecule has 3 aromatic rings. The van der Waals surface area contributed by atoms with Gasteiger partial charge in [0.1, 0.15) is 12.4 Å². The molecule has 29 heavy (non-hydrogen) atoms. The Morgan fingerprint density at radius 1 is 1.34 bits per heavy atom. The number of amides is 1. The summed E-state index contributed by atoms with van der Waals surface area (Å²) in [5.74, 6) is 0.355. The quantitative estimate of drug-likeness (QED) is 0.582. The monoisotopic (exact) mass is 430 g/mol. The third-order valence-electron chi connectivity index (χ3n) is 5.39. The van der Waals surface area contributed by atoms with Gasteiger partial charge in [-0.1, -0.05) is 30.7 Å². The fourth-order valence-corrected chi connectivity index (χ4v) is 4.16. The van der Waals surface area contributed by atoms with E-state index in [-0.39, 0.29) is 30.2 Å². The molecule has 0 bridgehead atoms. The summed E-state index contributed by atoms with van der Waals surface area (Å²) in [6.45, 7) is 2.09. The highest BCUT2D eigenvalue weighted by molar-refractivity contribution is 7.71. The van der Waals surface area contributed by atoms with Crippen molar-refractivity contribution in [2.45, 2.75) is 32.4 Å². The number of carbonyl (C=O) groups excluding carboxylic acids is 1. The van der Waals surface area contributed by atoms with Crippen molar-refractivity contribution in [2.75, 3.05) is 0 Å². The maximum absolute atomic E-state index is 14.2. The summed E-state index contributed by atoms with van der Waals surface area (Å²) < 4.78 is 16.2. The van der Waals surface area contributed by atoms with E-state index >= 15 is 0 Å². The lowest BCUT2D eigenvalue weighted by molar-refractivity contribution is -0.122. The predicted octanol–water partition coefficient (Wildman–Crippen LogP) is 4.84. The highest BCUT2D eigenvalue weighted by atomic mass is 35.5. The number of fused-ring (bicyclic) bond motifs is 1. The SMILES string of the molecule is CC1CCc2c(F)cccc2C1NC(=O)Cn1c(-c2ccc(Cl)cc2)n[nH]c1=S. The summed E-state index contributed by atoms with van der Waals surface area (Å²) in [5.41, 5.74) is 2.34. The molecule has 1 amide bonds. The lowest BCUT2D eigenvalue weighted by Crippen LogP contribution is -2.37. The Morgan fingerprint density at radius 2 is 2.10 bits per heavy atom. The maximum Gasteiger partial charge on any atom is 0.240 e. The van der Waals surface area contributed by atoms with Crippen molar-refractivity contribution in [3.8, 4) is 11.4 Å². The Hall–Kier alpha value is -2.51. The molecule has 2 unspecified atom stereocenters. The van der Waals surface area contributed by atoms with Crippen LogP contribution in [0.15, 0.2) is 42.5 Å². The molecule has 1 aromatic heterocycles. The van der Waals surface area contributed by atoms with E-state index < -0.39 is 0 Å². The van der Waals surface area contributed by atoms with Crippen LogP contribution in [0, 0.1) is 16.5 Å². The van der Waals surface area contributed by atoms with Gasteiger partial charge in [-0.05, 0) is 72.4 Å². The number of aromatic nitrogens is 3. The number of hydrogen-bond donors (Lipinski definition) is 2. The third kappa shape index (κ3) is 3.97. The highest BCUT2D eigenvalue weighted by Gasteiger charge is 2.29. The lowest BCUT2D eigenvalue weighted by atomic mass is 9.80. The number of H-pyrrole nitrogens is 1. The highest BCUT2D eigenvalue weighted by Crippen LogP contribution is 2.35. The first kappa shape index (κ1) is 19.8. The summed E-state index contributed by atoms with van der Waals surface area (Å²) in [5, 5.41) is 10.7. The average Bonchev–Trinajstić information content (AvgIpc) is 3.05. The molecule has 2 atom stereocenters. The normalized spacial score (nSPS) is 18.3. The summed E-state index contributed by atoms with van der Waals surface area (Å²) in [6, 6.07) is 12.0. The van der Waals surface area contributed by atoms with E-state index in [1.807, 2.05) is 18.2 Å². The van der Waals surface area contributed by atoms with Gasteiger partial charge in [-0.3, -0.25) is 14.5 Å². The number of nitrogens with one attached hydrogen (secondary N) is 2. The Bertz CT molecular complexity index is 1110. The van der Waals surface area contributed by atoms with E-state index in [0.717, 1.165) is 17.5 Å². The molecule has 0 saturated heterocycles. The molecule has 1 heterocycles. The van der Waals surface area contributed by atoms with Crippen molar-refractivity contribution in [1.82, 2.24) is 20.1 Å². The standard InChI is InChI=1S/C21H20ClFN4OS/c1-12-5-10-15-16(3-2-4-17(15)23)19(12)24-18(28)11-27-20(25-26-21(27)29)13-6-8-14(22)9-7-13/h2-4,6-9,12,19H,5,10-11H2,1H3,(H,24,28)(H,26,29). The Morgan fingerprint density at radius 3 is 2.86 bits per heavy atom. The molecule has 0 fully saturated rings. The van der Waals surface area contributed by atoms with Gasteiger partial charge >= 0.3 is 0 Å². The van der Waals surface area contributed by atoms with E-state index in [9.17, 15) is 9.18 Å². The van der Waals surface area contributed by atoms with Crippen LogP contribution in [-0.2, 0) is 17.8 Å². The molecule has 4 rings (SSSR count). The molecule has 0 spiro atoms. The first-order valence-corrected chi connectivity index (χ1v) is 10.2. The molecule has 2 N–H and O–H groups in total. The number of benzene rings is 2.